The lowest BCUT2D eigenvalue weighted by Crippen LogP contribution is -2.41. The number of furan rings is 1. The van der Waals surface area contributed by atoms with Crippen LogP contribution in [0.3, 0.4) is 0 Å². The first-order chi connectivity index (χ1) is 10.4. The Morgan fingerprint density at radius 1 is 1.19 bits per heavy atom. The van der Waals surface area contributed by atoms with E-state index in [-0.39, 0.29) is 0 Å². The molecule has 1 N–H and O–H groups in total. The highest BCUT2D eigenvalue weighted by molar-refractivity contribution is 5.30. The molecule has 0 fully saturated rings. The van der Waals surface area contributed by atoms with Crippen molar-refractivity contribution in [3.05, 3.63) is 59.5 Å². The Hall–Kier alpha value is -1.54. The van der Waals surface area contributed by atoms with E-state index >= 15 is 0 Å². The first kappa shape index (κ1) is 14.4. The molecule has 0 aliphatic heterocycles. The van der Waals surface area contributed by atoms with Crippen LogP contribution in [0.2, 0.25) is 0 Å². The predicted octanol–water partition coefficient (Wildman–Crippen LogP) is 4.00. The Morgan fingerprint density at radius 3 is 2.81 bits per heavy atom. The van der Waals surface area contributed by atoms with Gasteiger partial charge in [0.15, 0.2) is 0 Å². The Bertz CT molecular complexity index is 546. The van der Waals surface area contributed by atoms with Gasteiger partial charge in [-0.3, -0.25) is 0 Å². The van der Waals surface area contributed by atoms with Crippen molar-refractivity contribution in [3.63, 3.8) is 0 Å². The number of hydrogen-bond donors (Lipinski definition) is 1. The number of nitrogens with one attached hydrogen (secondary N) is 1. The van der Waals surface area contributed by atoms with E-state index in [0.717, 1.165) is 18.7 Å². The normalized spacial score (nSPS) is 19.2. The number of fused-ring (bicyclic) bond motifs is 1. The third-order valence-corrected chi connectivity index (χ3v) is 4.61. The number of rotatable bonds is 6. The molecule has 1 aromatic heterocycles. The van der Waals surface area contributed by atoms with Crippen molar-refractivity contribution in [1.82, 2.24) is 5.32 Å². The summed E-state index contributed by atoms with van der Waals surface area (Å²) in [4.78, 5) is 0. The van der Waals surface area contributed by atoms with Crippen molar-refractivity contribution in [1.29, 1.82) is 0 Å². The Kier molecular flexibility index (Phi) is 4.76. The van der Waals surface area contributed by atoms with E-state index in [9.17, 15) is 0 Å². The van der Waals surface area contributed by atoms with Gasteiger partial charge in [-0.05, 0) is 61.4 Å². The summed E-state index contributed by atoms with van der Waals surface area (Å²) in [6, 6.07) is 13.5. The zero-order chi connectivity index (χ0) is 14.5. The Labute approximate surface area is 127 Å². The molecule has 2 aromatic rings. The molecule has 1 aliphatic carbocycles. The predicted molar refractivity (Wildman–Crippen MR) is 86.5 cm³/mol. The minimum Gasteiger partial charge on any atom is -0.469 e. The van der Waals surface area contributed by atoms with Crippen LogP contribution in [0.15, 0.2) is 47.1 Å². The number of hydrogen-bond acceptors (Lipinski definition) is 2. The van der Waals surface area contributed by atoms with Gasteiger partial charge in [0, 0.05) is 12.5 Å². The van der Waals surface area contributed by atoms with Crippen LogP contribution in [0.1, 0.15) is 36.7 Å². The van der Waals surface area contributed by atoms with Gasteiger partial charge in [-0.15, -0.1) is 0 Å². The zero-order valence-corrected chi connectivity index (χ0v) is 12.8. The van der Waals surface area contributed by atoms with Gasteiger partial charge >= 0.3 is 0 Å². The van der Waals surface area contributed by atoms with E-state index in [0.29, 0.717) is 12.0 Å². The number of benzene rings is 1. The topological polar surface area (TPSA) is 25.2 Å². The molecule has 2 unspecified atom stereocenters. The lowest BCUT2D eigenvalue weighted by molar-refractivity contribution is 0.303. The molecular formula is C19H25NO. The van der Waals surface area contributed by atoms with Crippen LogP contribution in [-0.2, 0) is 19.3 Å². The minimum atomic E-state index is 0.518. The number of aryl methyl sites for hydroxylation is 1. The molecule has 0 amide bonds. The highest BCUT2D eigenvalue weighted by Crippen LogP contribution is 2.28. The summed E-state index contributed by atoms with van der Waals surface area (Å²) < 4.78 is 5.56. The van der Waals surface area contributed by atoms with Gasteiger partial charge in [-0.25, -0.2) is 0 Å². The maximum atomic E-state index is 5.56. The van der Waals surface area contributed by atoms with Crippen molar-refractivity contribution < 1.29 is 4.42 Å². The smallest absolute Gasteiger partial charge is 0.105 e. The summed E-state index contributed by atoms with van der Waals surface area (Å²) in [6.45, 7) is 3.32. The molecule has 1 heterocycles. The molecular weight excluding hydrogens is 258 g/mol. The third kappa shape index (κ3) is 3.56. The first-order valence-electron chi connectivity index (χ1n) is 8.19. The van der Waals surface area contributed by atoms with Gasteiger partial charge in [-0.2, -0.15) is 0 Å². The average molecular weight is 283 g/mol. The second-order valence-corrected chi connectivity index (χ2v) is 6.12. The summed E-state index contributed by atoms with van der Waals surface area (Å²) in [5.41, 5.74) is 3.08. The van der Waals surface area contributed by atoms with Gasteiger partial charge < -0.3 is 9.73 Å². The largest absolute Gasteiger partial charge is 0.469 e. The van der Waals surface area contributed by atoms with E-state index < -0.39 is 0 Å². The van der Waals surface area contributed by atoms with Gasteiger partial charge in [0.05, 0.1) is 6.26 Å². The second kappa shape index (κ2) is 6.95. The summed E-state index contributed by atoms with van der Waals surface area (Å²) in [7, 11) is 0. The SMILES string of the molecule is CCCNC(Cc1ccco1)C1CCc2ccccc2C1. The van der Waals surface area contributed by atoms with Crippen molar-refractivity contribution >= 4 is 0 Å². The molecule has 2 heteroatoms. The molecule has 0 saturated heterocycles. The van der Waals surface area contributed by atoms with Crippen LogP contribution in [-0.4, -0.2) is 12.6 Å². The van der Waals surface area contributed by atoms with Crippen molar-refractivity contribution in [2.24, 2.45) is 5.92 Å². The van der Waals surface area contributed by atoms with E-state index in [1.54, 1.807) is 11.8 Å². The fourth-order valence-corrected chi connectivity index (χ4v) is 3.45. The molecule has 1 aliphatic rings. The van der Waals surface area contributed by atoms with E-state index in [1.807, 2.05) is 6.07 Å². The third-order valence-electron chi connectivity index (χ3n) is 4.61. The highest BCUT2D eigenvalue weighted by Gasteiger charge is 2.26. The quantitative estimate of drug-likeness (QED) is 0.867. The standard InChI is InChI=1S/C19H25NO/c1-2-11-20-19(14-18-8-5-12-21-18)17-10-9-15-6-3-4-7-16(15)13-17/h3-8,12,17,19-20H,2,9-11,13-14H2,1H3. The van der Waals surface area contributed by atoms with Crippen LogP contribution >= 0.6 is 0 Å². The lowest BCUT2D eigenvalue weighted by Gasteiger charge is -2.32. The maximum absolute atomic E-state index is 5.56. The second-order valence-electron chi connectivity index (χ2n) is 6.12. The van der Waals surface area contributed by atoms with E-state index in [2.05, 4.69) is 42.6 Å². The molecule has 0 bridgehead atoms. The first-order valence-corrected chi connectivity index (χ1v) is 8.19. The Morgan fingerprint density at radius 2 is 2.05 bits per heavy atom. The van der Waals surface area contributed by atoms with Crippen molar-refractivity contribution in [3.8, 4) is 0 Å². The van der Waals surface area contributed by atoms with E-state index in [4.69, 9.17) is 4.42 Å². The fraction of sp³-hybridized carbons (Fsp3) is 0.474. The van der Waals surface area contributed by atoms with Gasteiger partial charge in [-0.1, -0.05) is 31.2 Å². The van der Waals surface area contributed by atoms with Gasteiger partial charge in [0.1, 0.15) is 5.76 Å². The average Bonchev–Trinajstić information content (AvgIpc) is 3.04. The monoisotopic (exact) mass is 283 g/mol. The molecule has 3 rings (SSSR count). The summed E-state index contributed by atoms with van der Waals surface area (Å²) in [5.74, 6) is 1.80. The van der Waals surface area contributed by atoms with Crippen molar-refractivity contribution in [2.45, 2.75) is 45.1 Å². The van der Waals surface area contributed by atoms with Crippen LogP contribution < -0.4 is 5.32 Å². The molecule has 112 valence electrons. The van der Waals surface area contributed by atoms with Gasteiger partial charge in [0.25, 0.3) is 0 Å². The summed E-state index contributed by atoms with van der Waals surface area (Å²) in [6.07, 6.45) is 7.64. The molecule has 0 radical (unpaired) electrons. The van der Waals surface area contributed by atoms with E-state index in [1.165, 1.54) is 31.2 Å². The zero-order valence-electron chi connectivity index (χ0n) is 12.8. The van der Waals surface area contributed by atoms with Crippen LogP contribution in [0.4, 0.5) is 0 Å². The molecule has 0 saturated carbocycles. The molecule has 21 heavy (non-hydrogen) atoms. The fourth-order valence-electron chi connectivity index (χ4n) is 3.45. The van der Waals surface area contributed by atoms with Crippen LogP contribution in [0, 0.1) is 5.92 Å². The summed E-state index contributed by atoms with van der Waals surface area (Å²) >= 11 is 0. The molecule has 0 spiro atoms. The van der Waals surface area contributed by atoms with Crippen molar-refractivity contribution in [2.75, 3.05) is 6.54 Å². The van der Waals surface area contributed by atoms with Crippen LogP contribution in [0.25, 0.3) is 0 Å². The van der Waals surface area contributed by atoms with Gasteiger partial charge in [0.2, 0.25) is 0 Å². The highest BCUT2D eigenvalue weighted by atomic mass is 16.3. The minimum absolute atomic E-state index is 0.518. The Balaban J connectivity index is 1.71. The molecule has 2 nitrogen and oxygen atoms in total. The molecule has 1 aromatic carbocycles. The summed E-state index contributed by atoms with van der Waals surface area (Å²) in [5, 5.41) is 3.75. The van der Waals surface area contributed by atoms with Crippen LogP contribution in [0.5, 0.6) is 0 Å². The maximum Gasteiger partial charge on any atom is 0.105 e. The molecule has 2 atom stereocenters. The lowest BCUT2D eigenvalue weighted by atomic mass is 9.79.